The number of imidazole rings is 1. The fourth-order valence-electron chi connectivity index (χ4n) is 2.94. The maximum Gasteiger partial charge on any atom is 0.356 e. The standard InChI is InChI=1S/C17H12Cl2N2O3/c18-10-3-4-11(22)13(14(10)19)9-5-6-21-12(7-9)20-15(17(23)24)16(21)8-1-2-8/h3-8,22H,1-2H2,(H,23,24). The number of hydrogen-bond acceptors (Lipinski definition) is 3. The highest BCUT2D eigenvalue weighted by molar-refractivity contribution is 6.44. The molecule has 1 fully saturated rings. The molecule has 1 saturated carbocycles. The van der Waals surface area contributed by atoms with E-state index in [1.165, 1.54) is 12.1 Å². The largest absolute Gasteiger partial charge is 0.507 e. The minimum Gasteiger partial charge on any atom is -0.507 e. The third kappa shape index (κ3) is 2.32. The Morgan fingerprint density at radius 3 is 2.67 bits per heavy atom. The van der Waals surface area contributed by atoms with E-state index in [0.29, 0.717) is 21.8 Å². The summed E-state index contributed by atoms with van der Waals surface area (Å²) in [6, 6.07) is 6.46. The summed E-state index contributed by atoms with van der Waals surface area (Å²) in [5, 5.41) is 20.1. The van der Waals surface area contributed by atoms with E-state index in [1.54, 1.807) is 22.7 Å². The maximum absolute atomic E-state index is 11.5. The SMILES string of the molecule is O=C(O)c1nc2cc(-c3c(O)ccc(Cl)c3Cl)ccn2c1C1CC1. The van der Waals surface area contributed by atoms with Crippen molar-refractivity contribution in [1.82, 2.24) is 9.38 Å². The van der Waals surface area contributed by atoms with Crippen LogP contribution in [0.2, 0.25) is 10.0 Å². The zero-order valence-corrected chi connectivity index (χ0v) is 13.8. The van der Waals surface area contributed by atoms with E-state index in [4.69, 9.17) is 23.2 Å². The number of rotatable bonds is 3. The van der Waals surface area contributed by atoms with Crippen molar-refractivity contribution in [3.05, 3.63) is 51.9 Å². The number of aromatic carboxylic acids is 1. The number of carbonyl (C=O) groups is 1. The molecule has 122 valence electrons. The quantitative estimate of drug-likeness (QED) is 0.714. The zero-order valence-electron chi connectivity index (χ0n) is 12.3. The van der Waals surface area contributed by atoms with Crippen LogP contribution >= 0.6 is 23.2 Å². The first-order valence-corrected chi connectivity index (χ1v) is 8.15. The van der Waals surface area contributed by atoms with Crippen LogP contribution in [-0.2, 0) is 0 Å². The molecular weight excluding hydrogens is 351 g/mol. The number of phenols is 1. The molecule has 2 N–H and O–H groups in total. The molecule has 0 radical (unpaired) electrons. The Morgan fingerprint density at radius 2 is 2.00 bits per heavy atom. The van der Waals surface area contributed by atoms with Crippen LogP contribution in [0.25, 0.3) is 16.8 Å². The molecule has 0 spiro atoms. The fraction of sp³-hybridized carbons (Fsp3) is 0.176. The number of aromatic hydroxyl groups is 1. The average molecular weight is 363 g/mol. The van der Waals surface area contributed by atoms with Crippen molar-refractivity contribution in [2.24, 2.45) is 0 Å². The Morgan fingerprint density at radius 1 is 1.25 bits per heavy atom. The minimum atomic E-state index is -1.04. The van der Waals surface area contributed by atoms with E-state index < -0.39 is 5.97 Å². The highest BCUT2D eigenvalue weighted by Gasteiger charge is 2.32. The molecule has 2 aromatic heterocycles. The summed E-state index contributed by atoms with van der Waals surface area (Å²) in [4.78, 5) is 15.7. The summed E-state index contributed by atoms with van der Waals surface area (Å²) < 4.78 is 1.79. The molecule has 2 heterocycles. The highest BCUT2D eigenvalue weighted by atomic mass is 35.5. The first-order chi connectivity index (χ1) is 11.5. The van der Waals surface area contributed by atoms with Crippen molar-refractivity contribution in [3.63, 3.8) is 0 Å². The molecule has 1 aromatic carbocycles. The van der Waals surface area contributed by atoms with Crippen LogP contribution in [-0.4, -0.2) is 25.6 Å². The number of nitrogens with zero attached hydrogens (tertiary/aromatic N) is 2. The summed E-state index contributed by atoms with van der Waals surface area (Å²) in [5.41, 5.74) is 2.33. The van der Waals surface area contributed by atoms with Crippen LogP contribution in [0.3, 0.4) is 0 Å². The number of carboxylic acids is 1. The molecule has 1 aliphatic carbocycles. The second kappa shape index (κ2) is 5.40. The van der Waals surface area contributed by atoms with E-state index in [2.05, 4.69) is 4.98 Å². The molecule has 0 amide bonds. The summed E-state index contributed by atoms with van der Waals surface area (Å²) in [7, 11) is 0. The van der Waals surface area contributed by atoms with Crippen molar-refractivity contribution in [3.8, 4) is 16.9 Å². The Balaban J connectivity index is 1.94. The highest BCUT2D eigenvalue weighted by Crippen LogP contribution is 2.43. The molecular formula is C17H12Cl2N2O3. The first-order valence-electron chi connectivity index (χ1n) is 7.40. The maximum atomic E-state index is 11.5. The molecule has 5 nitrogen and oxygen atoms in total. The van der Waals surface area contributed by atoms with Crippen LogP contribution in [0.15, 0.2) is 30.5 Å². The van der Waals surface area contributed by atoms with Gasteiger partial charge >= 0.3 is 5.97 Å². The summed E-state index contributed by atoms with van der Waals surface area (Å²) in [6.07, 6.45) is 3.70. The van der Waals surface area contributed by atoms with Crippen LogP contribution in [0.5, 0.6) is 5.75 Å². The molecule has 3 aromatic rings. The van der Waals surface area contributed by atoms with Gasteiger partial charge in [-0.25, -0.2) is 9.78 Å². The molecule has 0 bridgehead atoms. The van der Waals surface area contributed by atoms with Crippen LogP contribution in [0.4, 0.5) is 0 Å². The van der Waals surface area contributed by atoms with Gasteiger partial charge in [0.2, 0.25) is 0 Å². The van der Waals surface area contributed by atoms with E-state index >= 15 is 0 Å². The molecule has 0 aliphatic heterocycles. The van der Waals surface area contributed by atoms with Gasteiger partial charge in [-0.3, -0.25) is 0 Å². The van der Waals surface area contributed by atoms with Crippen LogP contribution in [0.1, 0.15) is 34.9 Å². The van der Waals surface area contributed by atoms with Gasteiger partial charge in [0, 0.05) is 17.7 Å². The van der Waals surface area contributed by atoms with Gasteiger partial charge in [0.1, 0.15) is 11.4 Å². The first kappa shape index (κ1) is 15.3. The van der Waals surface area contributed by atoms with E-state index in [-0.39, 0.29) is 22.4 Å². The van der Waals surface area contributed by atoms with Gasteiger partial charge in [-0.1, -0.05) is 23.2 Å². The summed E-state index contributed by atoms with van der Waals surface area (Å²) >= 11 is 12.3. The lowest BCUT2D eigenvalue weighted by Gasteiger charge is -2.09. The van der Waals surface area contributed by atoms with Gasteiger partial charge in [-0.2, -0.15) is 0 Å². The van der Waals surface area contributed by atoms with Gasteiger partial charge < -0.3 is 14.6 Å². The van der Waals surface area contributed by atoms with E-state index in [0.717, 1.165) is 18.5 Å². The minimum absolute atomic E-state index is 0.00109. The molecule has 0 saturated heterocycles. The van der Waals surface area contributed by atoms with Gasteiger partial charge in [-0.15, -0.1) is 0 Å². The van der Waals surface area contributed by atoms with Gasteiger partial charge in [0.25, 0.3) is 0 Å². The Kier molecular flexibility index (Phi) is 3.44. The number of pyridine rings is 1. The molecule has 4 rings (SSSR count). The number of fused-ring (bicyclic) bond motifs is 1. The van der Waals surface area contributed by atoms with Crippen molar-refractivity contribution >= 4 is 34.8 Å². The zero-order chi connectivity index (χ0) is 17.0. The molecule has 1 aliphatic rings. The predicted molar refractivity (Wildman–Crippen MR) is 91.2 cm³/mol. The Labute approximate surface area is 147 Å². The second-order valence-electron chi connectivity index (χ2n) is 5.82. The number of hydrogen-bond donors (Lipinski definition) is 2. The smallest absolute Gasteiger partial charge is 0.356 e. The van der Waals surface area contributed by atoms with Gasteiger partial charge in [-0.05, 0) is 42.7 Å². The second-order valence-corrected chi connectivity index (χ2v) is 6.61. The topological polar surface area (TPSA) is 74.8 Å². The van der Waals surface area contributed by atoms with Gasteiger partial charge in [0.05, 0.1) is 15.7 Å². The van der Waals surface area contributed by atoms with Crippen LogP contribution in [0, 0.1) is 0 Å². The lowest BCUT2D eigenvalue weighted by atomic mass is 10.1. The molecule has 24 heavy (non-hydrogen) atoms. The lowest BCUT2D eigenvalue weighted by Crippen LogP contribution is -2.02. The predicted octanol–water partition coefficient (Wildman–Crippen LogP) is 4.59. The molecule has 0 atom stereocenters. The third-order valence-corrected chi connectivity index (χ3v) is 5.00. The van der Waals surface area contributed by atoms with E-state index in [1.807, 2.05) is 0 Å². The molecule has 7 heteroatoms. The van der Waals surface area contributed by atoms with Crippen molar-refractivity contribution in [2.45, 2.75) is 18.8 Å². The van der Waals surface area contributed by atoms with Crippen molar-refractivity contribution < 1.29 is 15.0 Å². The molecule has 0 unspecified atom stereocenters. The lowest BCUT2D eigenvalue weighted by molar-refractivity contribution is 0.0690. The average Bonchev–Trinajstić information content (AvgIpc) is 3.31. The fourth-order valence-corrected chi connectivity index (χ4v) is 3.36. The number of phenolic OH excluding ortho intramolecular Hbond substituents is 1. The Bertz CT molecular complexity index is 993. The summed E-state index contributed by atoms with van der Waals surface area (Å²) in [5.74, 6) is -0.799. The number of halogens is 2. The van der Waals surface area contributed by atoms with E-state index in [9.17, 15) is 15.0 Å². The monoisotopic (exact) mass is 362 g/mol. The van der Waals surface area contributed by atoms with Gasteiger partial charge in [0.15, 0.2) is 5.69 Å². The van der Waals surface area contributed by atoms with Crippen molar-refractivity contribution in [1.29, 1.82) is 0 Å². The van der Waals surface area contributed by atoms with Crippen LogP contribution < -0.4 is 0 Å². The van der Waals surface area contributed by atoms with Crippen molar-refractivity contribution in [2.75, 3.05) is 0 Å². The third-order valence-electron chi connectivity index (χ3n) is 4.19. The normalized spacial score (nSPS) is 14.2. The summed E-state index contributed by atoms with van der Waals surface area (Å²) in [6.45, 7) is 0. The number of aromatic nitrogens is 2. The number of carboxylic acid groups (broad SMARTS) is 1. The Hall–Kier alpha value is -2.24. The number of benzene rings is 1.